The molecule has 0 unspecified atom stereocenters. The van der Waals surface area contributed by atoms with Crippen molar-refractivity contribution in [2.24, 2.45) is 0 Å². The smallest absolute Gasteiger partial charge is 0.237 e. The van der Waals surface area contributed by atoms with Crippen LogP contribution in [0.4, 0.5) is 5.69 Å². The van der Waals surface area contributed by atoms with Gasteiger partial charge < -0.3 is 9.88 Å². The van der Waals surface area contributed by atoms with Crippen molar-refractivity contribution in [3.8, 4) is 11.4 Å². The molecule has 1 aromatic heterocycles. The summed E-state index contributed by atoms with van der Waals surface area (Å²) < 4.78 is 2.04. The van der Waals surface area contributed by atoms with Crippen molar-refractivity contribution in [1.82, 2.24) is 14.8 Å². The van der Waals surface area contributed by atoms with Gasteiger partial charge >= 0.3 is 0 Å². The Balaban J connectivity index is 1.79. The van der Waals surface area contributed by atoms with Gasteiger partial charge in [-0.3, -0.25) is 4.79 Å². The average molecular weight is 415 g/mol. The molecule has 146 valence electrons. The second-order valence-electron chi connectivity index (χ2n) is 6.53. The molecule has 1 amide bonds. The molecule has 5 nitrogen and oxygen atoms in total. The highest BCUT2D eigenvalue weighted by Gasteiger charge is 2.21. The van der Waals surface area contributed by atoms with E-state index in [0.717, 1.165) is 39.9 Å². The van der Waals surface area contributed by atoms with Crippen LogP contribution < -0.4 is 5.32 Å². The van der Waals surface area contributed by atoms with Gasteiger partial charge in [-0.2, -0.15) is 0 Å². The number of hydrogen-bond donors (Lipinski definition) is 1. The van der Waals surface area contributed by atoms with Gasteiger partial charge in [-0.15, -0.1) is 10.2 Å². The van der Waals surface area contributed by atoms with E-state index in [0.29, 0.717) is 5.02 Å². The quantitative estimate of drug-likeness (QED) is 0.552. The molecule has 1 N–H and O–H groups in total. The number of carbonyl (C=O) groups is 1. The van der Waals surface area contributed by atoms with Gasteiger partial charge in [0.25, 0.3) is 0 Å². The first-order valence-electron chi connectivity index (χ1n) is 9.14. The predicted octanol–water partition coefficient (Wildman–Crippen LogP) is 5.35. The molecule has 28 heavy (non-hydrogen) atoms. The first kappa shape index (κ1) is 20.4. The molecule has 0 fully saturated rings. The summed E-state index contributed by atoms with van der Waals surface area (Å²) in [6.45, 7) is 8.58. The van der Waals surface area contributed by atoms with Gasteiger partial charge in [0.05, 0.1) is 5.25 Å². The zero-order valence-electron chi connectivity index (χ0n) is 16.4. The first-order valence-corrected chi connectivity index (χ1v) is 10.4. The number of carbonyl (C=O) groups excluding carboxylic acids is 1. The zero-order valence-corrected chi connectivity index (χ0v) is 17.9. The van der Waals surface area contributed by atoms with Crippen molar-refractivity contribution in [2.45, 2.75) is 44.6 Å². The number of nitrogens with one attached hydrogen (secondary N) is 1. The molecule has 1 atom stereocenters. The van der Waals surface area contributed by atoms with Gasteiger partial charge in [0.1, 0.15) is 0 Å². The van der Waals surface area contributed by atoms with Crippen LogP contribution in [0.15, 0.2) is 47.6 Å². The van der Waals surface area contributed by atoms with E-state index in [9.17, 15) is 4.79 Å². The van der Waals surface area contributed by atoms with E-state index in [4.69, 9.17) is 11.6 Å². The zero-order chi connectivity index (χ0) is 20.3. The molecule has 0 spiro atoms. The number of anilines is 1. The molecule has 0 aliphatic rings. The van der Waals surface area contributed by atoms with Crippen LogP contribution in [-0.2, 0) is 11.3 Å². The molecule has 2 aromatic carbocycles. The Labute approximate surface area is 174 Å². The van der Waals surface area contributed by atoms with Crippen molar-refractivity contribution in [3.63, 3.8) is 0 Å². The summed E-state index contributed by atoms with van der Waals surface area (Å²) >= 11 is 7.54. The lowest BCUT2D eigenvalue weighted by molar-refractivity contribution is -0.115. The maximum atomic E-state index is 12.7. The van der Waals surface area contributed by atoms with Gasteiger partial charge in [-0.1, -0.05) is 53.7 Å². The van der Waals surface area contributed by atoms with Gasteiger partial charge in [-0.05, 0) is 51.0 Å². The fourth-order valence-corrected chi connectivity index (χ4v) is 3.96. The first-order chi connectivity index (χ1) is 13.4. The predicted molar refractivity (Wildman–Crippen MR) is 116 cm³/mol. The number of aromatic nitrogens is 3. The second-order valence-corrected chi connectivity index (χ2v) is 8.24. The van der Waals surface area contributed by atoms with E-state index in [2.05, 4.69) is 35.4 Å². The van der Waals surface area contributed by atoms with Crippen LogP contribution in [0.5, 0.6) is 0 Å². The third-order valence-electron chi connectivity index (χ3n) is 4.60. The average Bonchev–Trinajstić information content (AvgIpc) is 3.08. The van der Waals surface area contributed by atoms with Crippen molar-refractivity contribution in [3.05, 3.63) is 58.6 Å². The van der Waals surface area contributed by atoms with Gasteiger partial charge in [0, 0.05) is 22.8 Å². The van der Waals surface area contributed by atoms with E-state index < -0.39 is 0 Å². The summed E-state index contributed by atoms with van der Waals surface area (Å²) in [4.78, 5) is 12.7. The highest BCUT2D eigenvalue weighted by Crippen LogP contribution is 2.29. The van der Waals surface area contributed by atoms with Crippen LogP contribution in [-0.4, -0.2) is 25.9 Å². The van der Waals surface area contributed by atoms with Crippen LogP contribution in [0.25, 0.3) is 11.4 Å². The molecule has 1 heterocycles. The number of rotatable bonds is 6. The highest BCUT2D eigenvalue weighted by molar-refractivity contribution is 8.00. The summed E-state index contributed by atoms with van der Waals surface area (Å²) in [5, 5.41) is 12.7. The molecule has 0 saturated carbocycles. The Kier molecular flexibility index (Phi) is 6.42. The van der Waals surface area contributed by atoms with Crippen LogP contribution in [0.3, 0.4) is 0 Å². The van der Waals surface area contributed by atoms with E-state index in [1.54, 1.807) is 0 Å². The lowest BCUT2D eigenvalue weighted by atomic mass is 10.1. The lowest BCUT2D eigenvalue weighted by Gasteiger charge is -2.14. The topological polar surface area (TPSA) is 59.8 Å². The maximum absolute atomic E-state index is 12.7. The van der Waals surface area contributed by atoms with E-state index in [-0.39, 0.29) is 11.2 Å². The molecule has 0 saturated heterocycles. The van der Waals surface area contributed by atoms with Crippen molar-refractivity contribution < 1.29 is 4.79 Å². The van der Waals surface area contributed by atoms with E-state index >= 15 is 0 Å². The van der Waals surface area contributed by atoms with Crippen LogP contribution in [0, 0.1) is 13.8 Å². The standard InChI is InChI=1S/C21H23ClN4OS/c1-5-26-19(16-10-7-6-9-13(16)2)24-25-21(26)28-15(4)20(27)23-18-12-8-11-17(22)14(18)3/h6-12,15H,5H2,1-4H3,(H,23,27)/t15-/m0/s1. The molecule has 0 bridgehead atoms. The minimum atomic E-state index is -0.336. The number of hydrogen-bond acceptors (Lipinski definition) is 4. The summed E-state index contributed by atoms with van der Waals surface area (Å²) in [7, 11) is 0. The second kappa shape index (κ2) is 8.80. The summed E-state index contributed by atoms with van der Waals surface area (Å²) in [5.41, 5.74) is 3.77. The Hall–Kier alpha value is -2.31. The van der Waals surface area contributed by atoms with Gasteiger partial charge in [-0.25, -0.2) is 0 Å². The largest absolute Gasteiger partial charge is 0.325 e. The fraction of sp³-hybridized carbons (Fsp3) is 0.286. The molecule has 0 aliphatic heterocycles. The molecule has 3 aromatic rings. The van der Waals surface area contributed by atoms with Crippen molar-refractivity contribution in [1.29, 1.82) is 0 Å². The minimum absolute atomic E-state index is 0.0986. The van der Waals surface area contributed by atoms with Crippen LogP contribution >= 0.6 is 23.4 Å². The van der Waals surface area contributed by atoms with E-state index in [1.807, 2.05) is 54.8 Å². The van der Waals surface area contributed by atoms with Gasteiger partial charge in [0.15, 0.2) is 11.0 Å². The van der Waals surface area contributed by atoms with Crippen LogP contribution in [0.2, 0.25) is 5.02 Å². The third kappa shape index (κ3) is 4.23. The Morgan fingerprint density at radius 3 is 2.64 bits per heavy atom. The number of halogens is 1. The summed E-state index contributed by atoms with van der Waals surface area (Å²) in [6, 6.07) is 13.6. The Morgan fingerprint density at radius 2 is 1.93 bits per heavy atom. The number of aryl methyl sites for hydroxylation is 1. The summed E-state index contributed by atoms with van der Waals surface area (Å²) in [5.74, 6) is 0.722. The lowest BCUT2D eigenvalue weighted by Crippen LogP contribution is -2.23. The summed E-state index contributed by atoms with van der Waals surface area (Å²) in [6.07, 6.45) is 0. The number of benzene rings is 2. The molecule has 7 heteroatoms. The van der Waals surface area contributed by atoms with Crippen molar-refractivity contribution >= 4 is 35.0 Å². The molecule has 3 rings (SSSR count). The Morgan fingerprint density at radius 1 is 1.18 bits per heavy atom. The third-order valence-corrected chi connectivity index (χ3v) is 6.09. The Bertz CT molecular complexity index is 1000. The molecule has 0 radical (unpaired) electrons. The number of nitrogens with zero attached hydrogens (tertiary/aromatic N) is 3. The SMILES string of the molecule is CCn1c(S[C@@H](C)C(=O)Nc2cccc(Cl)c2C)nnc1-c1ccccc1C. The minimum Gasteiger partial charge on any atom is -0.325 e. The molecular weight excluding hydrogens is 392 g/mol. The normalized spacial score (nSPS) is 12.0. The number of thioether (sulfide) groups is 1. The monoisotopic (exact) mass is 414 g/mol. The molecular formula is C21H23ClN4OS. The molecule has 0 aliphatic carbocycles. The van der Waals surface area contributed by atoms with Gasteiger partial charge in [0.2, 0.25) is 5.91 Å². The van der Waals surface area contributed by atoms with E-state index in [1.165, 1.54) is 11.8 Å². The number of amides is 1. The highest BCUT2D eigenvalue weighted by atomic mass is 35.5. The van der Waals surface area contributed by atoms with Crippen LogP contribution in [0.1, 0.15) is 25.0 Å². The van der Waals surface area contributed by atoms with Crippen molar-refractivity contribution in [2.75, 3.05) is 5.32 Å². The fourth-order valence-electron chi connectivity index (χ4n) is 2.87. The maximum Gasteiger partial charge on any atom is 0.237 e.